The first-order valence-corrected chi connectivity index (χ1v) is 12.2. The lowest BCUT2D eigenvalue weighted by Crippen LogP contribution is -2.60. The van der Waals surface area contributed by atoms with Crippen LogP contribution in [0.4, 0.5) is 0 Å². The van der Waals surface area contributed by atoms with Crippen molar-refractivity contribution in [2.45, 2.75) is 57.0 Å². The van der Waals surface area contributed by atoms with Gasteiger partial charge < -0.3 is 36.9 Å². The van der Waals surface area contributed by atoms with E-state index in [9.17, 15) is 29.4 Å². The Kier molecular flexibility index (Phi) is 9.58. The van der Waals surface area contributed by atoms with Gasteiger partial charge in [0.1, 0.15) is 18.1 Å². The third kappa shape index (κ3) is 7.40. The molecular formula is C27H33N5O6. The summed E-state index contributed by atoms with van der Waals surface area (Å²) in [7, 11) is 0. The van der Waals surface area contributed by atoms with Crippen LogP contribution in [0.25, 0.3) is 10.9 Å². The third-order valence-electron chi connectivity index (χ3n) is 6.11. The molecule has 8 N–H and O–H groups in total. The molecule has 1 aromatic heterocycles. The van der Waals surface area contributed by atoms with Crippen LogP contribution < -0.4 is 21.7 Å². The first kappa shape index (κ1) is 28.4. The van der Waals surface area contributed by atoms with Gasteiger partial charge in [0.15, 0.2) is 0 Å². The average Bonchev–Trinajstić information content (AvgIpc) is 3.29. The van der Waals surface area contributed by atoms with E-state index in [0.29, 0.717) is 5.56 Å². The van der Waals surface area contributed by atoms with Crippen LogP contribution >= 0.6 is 0 Å². The first-order valence-electron chi connectivity index (χ1n) is 12.2. The standard InChI is InChI=1S/C27H33N5O6/c1-15(28)24(34)30-21(12-17-8-4-3-5-9-17)25(35)32-23(16(2)33)26(36)31-22(27(37)38)13-18-14-29-20-11-7-6-10-19(18)20/h3-11,14-16,21-23,29,33H,12-13,28H2,1-2H3,(H,30,34)(H,31,36)(H,32,35)(H,37,38). The number of carboxylic acids is 1. The van der Waals surface area contributed by atoms with Crippen molar-refractivity contribution in [3.63, 3.8) is 0 Å². The average molecular weight is 524 g/mol. The number of amides is 3. The second-order valence-corrected chi connectivity index (χ2v) is 9.23. The molecule has 0 saturated heterocycles. The number of aromatic amines is 1. The van der Waals surface area contributed by atoms with Gasteiger partial charge in [-0.15, -0.1) is 0 Å². The van der Waals surface area contributed by atoms with Crippen molar-refractivity contribution < 1.29 is 29.4 Å². The smallest absolute Gasteiger partial charge is 0.326 e. The van der Waals surface area contributed by atoms with Crippen molar-refractivity contribution in [2.75, 3.05) is 0 Å². The number of carbonyl (C=O) groups is 4. The number of H-pyrrole nitrogens is 1. The lowest BCUT2D eigenvalue weighted by atomic mass is 10.0. The Hall–Kier alpha value is -4.22. The maximum Gasteiger partial charge on any atom is 0.326 e. The Morgan fingerprint density at radius 1 is 0.842 bits per heavy atom. The number of carboxylic acid groups (broad SMARTS) is 1. The molecule has 3 amide bonds. The fourth-order valence-electron chi connectivity index (χ4n) is 4.00. The lowest BCUT2D eigenvalue weighted by molar-refractivity contribution is -0.143. The van der Waals surface area contributed by atoms with Crippen molar-refractivity contribution in [3.8, 4) is 0 Å². The number of benzene rings is 2. The highest BCUT2D eigenvalue weighted by Gasteiger charge is 2.33. The molecule has 5 unspecified atom stereocenters. The van der Waals surface area contributed by atoms with Gasteiger partial charge in [-0.2, -0.15) is 0 Å². The maximum absolute atomic E-state index is 13.2. The number of aliphatic carboxylic acids is 1. The molecule has 11 heteroatoms. The summed E-state index contributed by atoms with van der Waals surface area (Å²) in [6, 6.07) is 11.5. The number of fused-ring (bicyclic) bond motifs is 1. The van der Waals surface area contributed by atoms with Crippen LogP contribution in [0.3, 0.4) is 0 Å². The summed E-state index contributed by atoms with van der Waals surface area (Å²) in [5.74, 6) is -3.45. The van der Waals surface area contributed by atoms with Crippen LogP contribution in [-0.4, -0.2) is 69.2 Å². The van der Waals surface area contributed by atoms with Gasteiger partial charge in [0.05, 0.1) is 12.1 Å². The minimum absolute atomic E-state index is 0.0212. The molecule has 0 radical (unpaired) electrons. The van der Waals surface area contributed by atoms with Gasteiger partial charge in [0.25, 0.3) is 0 Å². The molecule has 0 aliphatic rings. The monoisotopic (exact) mass is 523 g/mol. The summed E-state index contributed by atoms with van der Waals surface area (Å²) >= 11 is 0. The summed E-state index contributed by atoms with van der Waals surface area (Å²) in [5.41, 5.74) is 7.91. The highest BCUT2D eigenvalue weighted by molar-refractivity contribution is 5.94. The Bertz CT molecular complexity index is 1270. The predicted molar refractivity (Wildman–Crippen MR) is 141 cm³/mol. The van der Waals surface area contributed by atoms with Crippen molar-refractivity contribution in [3.05, 3.63) is 71.9 Å². The Morgan fingerprint density at radius 2 is 1.47 bits per heavy atom. The molecule has 0 aliphatic heterocycles. The zero-order valence-electron chi connectivity index (χ0n) is 21.2. The summed E-state index contributed by atoms with van der Waals surface area (Å²) in [5, 5.41) is 28.3. The SMILES string of the molecule is CC(N)C(=O)NC(Cc1ccccc1)C(=O)NC(C(=O)NC(Cc1c[nH]c2ccccc12)C(=O)O)C(C)O. The second-order valence-electron chi connectivity index (χ2n) is 9.23. The minimum atomic E-state index is -1.47. The zero-order valence-corrected chi connectivity index (χ0v) is 21.2. The first-order chi connectivity index (χ1) is 18.1. The van der Waals surface area contributed by atoms with Crippen molar-refractivity contribution >= 4 is 34.6 Å². The van der Waals surface area contributed by atoms with E-state index in [1.807, 2.05) is 30.3 Å². The number of hydrogen-bond donors (Lipinski definition) is 7. The van der Waals surface area contributed by atoms with Crippen molar-refractivity contribution in [1.29, 1.82) is 0 Å². The van der Waals surface area contributed by atoms with Gasteiger partial charge in [-0.25, -0.2) is 4.79 Å². The van der Waals surface area contributed by atoms with E-state index >= 15 is 0 Å². The molecule has 202 valence electrons. The van der Waals surface area contributed by atoms with Crippen LogP contribution in [0.5, 0.6) is 0 Å². The summed E-state index contributed by atoms with van der Waals surface area (Å²) in [4.78, 5) is 53.5. The second kappa shape index (κ2) is 12.8. The maximum atomic E-state index is 13.2. The number of aliphatic hydroxyl groups excluding tert-OH is 1. The molecule has 1 heterocycles. The Labute approximate surface area is 219 Å². The number of nitrogens with one attached hydrogen (secondary N) is 4. The molecular weight excluding hydrogens is 490 g/mol. The molecule has 0 spiro atoms. The molecule has 3 aromatic rings. The number of hydrogen-bond acceptors (Lipinski definition) is 6. The molecule has 38 heavy (non-hydrogen) atoms. The molecule has 0 fully saturated rings. The molecule has 0 aliphatic carbocycles. The fourth-order valence-corrected chi connectivity index (χ4v) is 4.00. The van der Waals surface area contributed by atoms with Gasteiger partial charge in [-0.05, 0) is 31.0 Å². The van der Waals surface area contributed by atoms with Crippen LogP contribution in [0.2, 0.25) is 0 Å². The quantitative estimate of drug-likeness (QED) is 0.177. The molecule has 5 atom stereocenters. The molecule has 3 rings (SSSR count). The zero-order chi connectivity index (χ0) is 27.8. The minimum Gasteiger partial charge on any atom is -0.480 e. The van der Waals surface area contributed by atoms with Gasteiger partial charge >= 0.3 is 5.97 Å². The van der Waals surface area contributed by atoms with E-state index in [4.69, 9.17) is 5.73 Å². The van der Waals surface area contributed by atoms with Crippen LogP contribution in [0.1, 0.15) is 25.0 Å². The number of aliphatic hydroxyl groups is 1. The van der Waals surface area contributed by atoms with Gasteiger partial charge in [-0.3, -0.25) is 14.4 Å². The van der Waals surface area contributed by atoms with Gasteiger partial charge in [-0.1, -0.05) is 48.5 Å². The summed E-state index contributed by atoms with van der Waals surface area (Å²) in [6.07, 6.45) is 0.406. The van der Waals surface area contributed by atoms with Crippen LogP contribution in [0.15, 0.2) is 60.8 Å². The number of carbonyl (C=O) groups excluding carboxylic acids is 3. The topological polar surface area (TPSA) is 187 Å². The van der Waals surface area contributed by atoms with Crippen LogP contribution in [-0.2, 0) is 32.0 Å². The van der Waals surface area contributed by atoms with E-state index in [1.165, 1.54) is 13.8 Å². The van der Waals surface area contributed by atoms with Crippen molar-refractivity contribution in [1.82, 2.24) is 20.9 Å². The highest BCUT2D eigenvalue weighted by Crippen LogP contribution is 2.19. The van der Waals surface area contributed by atoms with Gasteiger partial charge in [0.2, 0.25) is 17.7 Å². The van der Waals surface area contributed by atoms with Crippen molar-refractivity contribution in [2.24, 2.45) is 5.73 Å². The largest absolute Gasteiger partial charge is 0.480 e. The number of aromatic nitrogens is 1. The third-order valence-corrected chi connectivity index (χ3v) is 6.11. The van der Waals surface area contributed by atoms with E-state index < -0.39 is 54.0 Å². The fraction of sp³-hybridized carbons (Fsp3) is 0.333. The Morgan fingerprint density at radius 3 is 2.11 bits per heavy atom. The van der Waals surface area contributed by atoms with E-state index in [0.717, 1.165) is 16.5 Å². The predicted octanol–water partition coefficient (Wildman–Crippen LogP) is 0.220. The number of nitrogens with two attached hydrogens (primary N) is 1. The molecule has 2 aromatic carbocycles. The molecule has 11 nitrogen and oxygen atoms in total. The van der Waals surface area contributed by atoms with Crippen LogP contribution in [0, 0.1) is 0 Å². The number of rotatable bonds is 12. The lowest BCUT2D eigenvalue weighted by Gasteiger charge is -2.26. The molecule has 0 bridgehead atoms. The van der Waals surface area contributed by atoms with E-state index in [2.05, 4.69) is 20.9 Å². The normalized spacial score (nSPS) is 15.1. The summed E-state index contributed by atoms with van der Waals surface area (Å²) in [6.45, 7) is 2.77. The van der Waals surface area contributed by atoms with E-state index in [-0.39, 0.29) is 12.8 Å². The molecule has 0 saturated carbocycles. The highest BCUT2D eigenvalue weighted by atomic mass is 16.4. The summed E-state index contributed by atoms with van der Waals surface area (Å²) < 4.78 is 0. The number of para-hydroxylation sites is 1. The Balaban J connectivity index is 1.75. The van der Waals surface area contributed by atoms with Gasteiger partial charge in [0, 0.05) is 29.9 Å². The van der Waals surface area contributed by atoms with E-state index in [1.54, 1.807) is 30.5 Å².